The maximum absolute atomic E-state index is 4.72. The molecule has 6 nitrogen and oxygen atoms in total. The molecule has 0 fully saturated rings. The van der Waals surface area contributed by atoms with Gasteiger partial charge in [0.05, 0.1) is 27.4 Å². The smallest absolute Gasteiger partial charge is 0.191 e. The lowest BCUT2D eigenvalue weighted by Gasteiger charge is -2.05. The van der Waals surface area contributed by atoms with E-state index in [0.29, 0.717) is 0 Å². The van der Waals surface area contributed by atoms with Crippen LogP contribution in [0.15, 0.2) is 63.5 Å². The van der Waals surface area contributed by atoms with Gasteiger partial charge in [-0.3, -0.25) is 4.98 Å². The van der Waals surface area contributed by atoms with Crippen LogP contribution in [0, 0.1) is 0 Å². The van der Waals surface area contributed by atoms with Gasteiger partial charge in [0, 0.05) is 23.9 Å². The van der Waals surface area contributed by atoms with E-state index < -0.39 is 0 Å². The topological polar surface area (TPSA) is 69.4 Å². The van der Waals surface area contributed by atoms with E-state index >= 15 is 0 Å². The monoisotopic (exact) mass is 482 g/mol. The van der Waals surface area contributed by atoms with E-state index in [-0.39, 0.29) is 0 Å². The summed E-state index contributed by atoms with van der Waals surface area (Å²) in [5.74, 6) is 2.48. The molecule has 156 valence electrons. The molecule has 0 aliphatic heterocycles. The van der Waals surface area contributed by atoms with E-state index in [0.717, 1.165) is 55.3 Å². The quantitative estimate of drug-likeness (QED) is 0.251. The Labute approximate surface area is 196 Å². The van der Waals surface area contributed by atoms with Crippen LogP contribution in [-0.2, 0) is 18.1 Å². The van der Waals surface area contributed by atoms with Gasteiger partial charge >= 0.3 is 0 Å². The molecule has 10 heteroatoms. The minimum atomic E-state index is 0.752. The Morgan fingerprint density at radius 1 is 0.968 bits per heavy atom. The SMILES string of the molecule is CCn1c(CSc2nc3ccccc3s2)nnc1SCc1csc(-c2ccccn2)n1. The molecule has 0 radical (unpaired) electrons. The van der Waals surface area contributed by atoms with Crippen LogP contribution >= 0.6 is 46.2 Å². The summed E-state index contributed by atoms with van der Waals surface area (Å²) in [6, 6.07) is 14.1. The molecule has 0 bridgehead atoms. The number of nitrogens with zero attached hydrogens (tertiary/aromatic N) is 6. The normalized spacial score (nSPS) is 11.4. The highest BCUT2D eigenvalue weighted by Gasteiger charge is 2.14. The summed E-state index contributed by atoms with van der Waals surface area (Å²) in [6.07, 6.45) is 1.79. The van der Waals surface area contributed by atoms with Crippen LogP contribution in [0.1, 0.15) is 18.4 Å². The van der Waals surface area contributed by atoms with Crippen molar-refractivity contribution >= 4 is 56.4 Å². The zero-order valence-corrected chi connectivity index (χ0v) is 19.9. The summed E-state index contributed by atoms with van der Waals surface area (Å²) in [5, 5.41) is 12.8. The minimum absolute atomic E-state index is 0.752. The highest BCUT2D eigenvalue weighted by molar-refractivity contribution is 8.00. The van der Waals surface area contributed by atoms with Gasteiger partial charge in [0.25, 0.3) is 0 Å². The first-order chi connectivity index (χ1) is 15.3. The van der Waals surface area contributed by atoms with E-state index in [1.54, 1.807) is 52.4 Å². The number of hydrogen-bond acceptors (Lipinski definition) is 9. The molecule has 0 amide bonds. The van der Waals surface area contributed by atoms with Crippen LogP contribution in [0.3, 0.4) is 0 Å². The van der Waals surface area contributed by atoms with E-state index in [1.807, 2.05) is 30.3 Å². The van der Waals surface area contributed by atoms with Crippen LogP contribution in [0.2, 0.25) is 0 Å². The largest absolute Gasteiger partial charge is 0.306 e. The Morgan fingerprint density at radius 2 is 1.87 bits per heavy atom. The zero-order chi connectivity index (χ0) is 21.0. The third kappa shape index (κ3) is 4.67. The van der Waals surface area contributed by atoms with Crippen molar-refractivity contribution in [2.24, 2.45) is 0 Å². The molecule has 0 unspecified atom stereocenters. The molecule has 0 aliphatic rings. The maximum atomic E-state index is 4.72. The number of aromatic nitrogens is 6. The number of thioether (sulfide) groups is 2. The van der Waals surface area contributed by atoms with Crippen molar-refractivity contribution in [2.45, 2.75) is 34.5 Å². The van der Waals surface area contributed by atoms with Gasteiger partial charge in [-0.25, -0.2) is 9.97 Å². The highest BCUT2D eigenvalue weighted by atomic mass is 32.2. The number of fused-ring (bicyclic) bond motifs is 1. The maximum Gasteiger partial charge on any atom is 0.191 e. The van der Waals surface area contributed by atoms with Crippen LogP contribution in [0.25, 0.3) is 20.9 Å². The Morgan fingerprint density at radius 3 is 2.71 bits per heavy atom. The number of pyridine rings is 1. The van der Waals surface area contributed by atoms with Gasteiger partial charge in [-0.15, -0.1) is 32.9 Å². The van der Waals surface area contributed by atoms with Gasteiger partial charge in [-0.2, -0.15) is 0 Å². The van der Waals surface area contributed by atoms with Crippen molar-refractivity contribution in [2.75, 3.05) is 0 Å². The number of thiazole rings is 2. The Bertz CT molecular complexity index is 1260. The first-order valence-corrected chi connectivity index (χ1v) is 13.4. The fourth-order valence-electron chi connectivity index (χ4n) is 3.01. The summed E-state index contributed by atoms with van der Waals surface area (Å²) in [4.78, 5) is 13.8. The molecule has 0 saturated carbocycles. The fourth-order valence-corrected chi connectivity index (χ4v) is 6.83. The van der Waals surface area contributed by atoms with Crippen molar-refractivity contribution in [3.63, 3.8) is 0 Å². The summed E-state index contributed by atoms with van der Waals surface area (Å²) in [6.45, 7) is 2.96. The molecule has 5 aromatic rings. The van der Waals surface area contributed by atoms with Gasteiger partial charge in [-0.1, -0.05) is 41.7 Å². The minimum Gasteiger partial charge on any atom is -0.306 e. The molecular formula is C21H18N6S4. The zero-order valence-electron chi connectivity index (χ0n) is 16.6. The number of rotatable bonds is 8. The predicted molar refractivity (Wildman–Crippen MR) is 130 cm³/mol. The van der Waals surface area contributed by atoms with Crippen molar-refractivity contribution in [3.8, 4) is 10.7 Å². The molecule has 5 rings (SSSR count). The van der Waals surface area contributed by atoms with Crippen molar-refractivity contribution in [1.82, 2.24) is 29.7 Å². The van der Waals surface area contributed by atoms with Gasteiger partial charge in [0.2, 0.25) is 0 Å². The van der Waals surface area contributed by atoms with Gasteiger partial charge < -0.3 is 4.57 Å². The van der Waals surface area contributed by atoms with Crippen molar-refractivity contribution < 1.29 is 0 Å². The second kappa shape index (κ2) is 9.47. The standard InChI is InChI=1S/C21H18N6S4/c1-2-27-18(13-30-21-24-15-7-3-4-9-17(15)31-21)25-26-20(27)29-12-14-11-28-19(23-14)16-8-5-6-10-22-16/h3-11H,2,12-13H2,1H3. The molecule has 4 aromatic heterocycles. The molecular weight excluding hydrogens is 465 g/mol. The number of para-hydroxylation sites is 1. The second-order valence-corrected chi connectivity index (χ2v) is 10.6. The number of hydrogen-bond donors (Lipinski definition) is 0. The summed E-state index contributed by atoms with van der Waals surface area (Å²) >= 11 is 6.73. The van der Waals surface area contributed by atoms with E-state index in [4.69, 9.17) is 9.97 Å². The molecule has 4 heterocycles. The summed E-state index contributed by atoms with van der Waals surface area (Å²) in [7, 11) is 0. The van der Waals surface area contributed by atoms with Crippen LogP contribution in [0.4, 0.5) is 0 Å². The molecule has 0 aliphatic carbocycles. The fraction of sp³-hybridized carbons (Fsp3) is 0.190. The summed E-state index contributed by atoms with van der Waals surface area (Å²) < 4.78 is 4.45. The van der Waals surface area contributed by atoms with E-state index in [1.165, 1.54) is 4.70 Å². The van der Waals surface area contributed by atoms with E-state index in [9.17, 15) is 0 Å². The lowest BCUT2D eigenvalue weighted by atomic mass is 10.3. The molecule has 0 N–H and O–H groups in total. The summed E-state index contributed by atoms with van der Waals surface area (Å²) in [5.41, 5.74) is 3.00. The lowest BCUT2D eigenvalue weighted by molar-refractivity contribution is 0.659. The average molecular weight is 483 g/mol. The van der Waals surface area contributed by atoms with Crippen molar-refractivity contribution in [3.05, 3.63) is 65.6 Å². The first-order valence-electron chi connectivity index (χ1n) is 9.69. The van der Waals surface area contributed by atoms with Crippen LogP contribution < -0.4 is 0 Å². The second-order valence-electron chi connectivity index (χ2n) is 6.53. The average Bonchev–Trinajstić information content (AvgIpc) is 3.54. The van der Waals surface area contributed by atoms with E-state index in [2.05, 4.69) is 44.2 Å². The molecule has 31 heavy (non-hydrogen) atoms. The van der Waals surface area contributed by atoms with Gasteiger partial charge in [0.1, 0.15) is 10.8 Å². The van der Waals surface area contributed by atoms with Crippen LogP contribution in [-0.4, -0.2) is 29.7 Å². The van der Waals surface area contributed by atoms with Crippen molar-refractivity contribution in [1.29, 1.82) is 0 Å². The van der Waals surface area contributed by atoms with Gasteiger partial charge in [0.15, 0.2) is 9.50 Å². The molecule has 0 atom stereocenters. The first kappa shape index (κ1) is 20.6. The highest BCUT2D eigenvalue weighted by Crippen LogP contribution is 2.32. The molecule has 0 spiro atoms. The predicted octanol–water partition coefficient (Wildman–Crippen LogP) is 6.01. The Kier molecular flexibility index (Phi) is 6.30. The number of benzene rings is 1. The molecule has 0 saturated heterocycles. The Hall–Kier alpha value is -2.27. The Balaban J connectivity index is 1.24. The third-order valence-corrected chi connectivity index (χ3v) is 8.58. The third-order valence-electron chi connectivity index (χ3n) is 4.49. The van der Waals surface area contributed by atoms with Crippen LogP contribution in [0.5, 0.6) is 0 Å². The van der Waals surface area contributed by atoms with Gasteiger partial charge in [-0.05, 0) is 31.2 Å². The molecule has 1 aromatic carbocycles. The lowest BCUT2D eigenvalue weighted by Crippen LogP contribution is -2.02.